The number of carbonyl (C=O) groups excluding carboxylic acids is 1. The first-order valence-electron chi connectivity index (χ1n) is 8.54. The molecule has 1 amide bonds. The lowest BCUT2D eigenvalue weighted by molar-refractivity contribution is -0.385. The molecule has 9 nitrogen and oxygen atoms in total. The summed E-state index contributed by atoms with van der Waals surface area (Å²) in [6, 6.07) is 14.0. The van der Waals surface area contributed by atoms with Crippen molar-refractivity contribution in [1.29, 1.82) is 5.26 Å². The van der Waals surface area contributed by atoms with Crippen LogP contribution in [0.25, 0.3) is 0 Å². The number of rotatable bonds is 5. The van der Waals surface area contributed by atoms with Crippen LogP contribution in [0.1, 0.15) is 38.8 Å². The number of hydrogen-bond acceptors (Lipinski definition) is 6. The van der Waals surface area contributed by atoms with Crippen molar-refractivity contribution in [2.45, 2.75) is 38.5 Å². The Hall–Kier alpha value is -3.80. The van der Waals surface area contributed by atoms with Gasteiger partial charge in [-0.2, -0.15) is 5.26 Å². The standard InChI is InChI=1S/C10H12N2O3.C10H10N2O2/c1-10(2,9(11)13)7-3-5-8(6-4-7)12(14)15;1-10(2,7-11)8-3-5-9(6-4-8)12(13)14/h3-6H,1-2H3,(H2,11,13);3-6H,1-2H3. The summed E-state index contributed by atoms with van der Waals surface area (Å²) in [7, 11) is 0. The first kappa shape index (κ1) is 23.2. The lowest BCUT2D eigenvalue weighted by Gasteiger charge is -2.20. The topological polar surface area (TPSA) is 153 Å². The number of non-ortho nitro benzene ring substituents is 2. The van der Waals surface area contributed by atoms with E-state index in [1.165, 1.54) is 24.3 Å². The van der Waals surface area contributed by atoms with Gasteiger partial charge in [0.25, 0.3) is 11.4 Å². The molecule has 0 aliphatic heterocycles. The highest BCUT2D eigenvalue weighted by Gasteiger charge is 2.27. The summed E-state index contributed by atoms with van der Waals surface area (Å²) in [5.41, 5.74) is 5.31. The van der Waals surface area contributed by atoms with E-state index in [-0.39, 0.29) is 11.4 Å². The quantitative estimate of drug-likeness (QED) is 0.597. The molecule has 0 fully saturated rings. The van der Waals surface area contributed by atoms with Crippen molar-refractivity contribution in [1.82, 2.24) is 0 Å². The van der Waals surface area contributed by atoms with Crippen molar-refractivity contribution < 1.29 is 14.6 Å². The normalized spacial score (nSPS) is 10.9. The molecule has 0 bridgehead atoms. The Morgan fingerprint density at radius 1 is 0.862 bits per heavy atom. The first-order valence-corrected chi connectivity index (χ1v) is 8.54. The average Bonchev–Trinajstić information content (AvgIpc) is 2.68. The molecule has 2 rings (SSSR count). The summed E-state index contributed by atoms with van der Waals surface area (Å²) in [4.78, 5) is 31.0. The zero-order valence-corrected chi connectivity index (χ0v) is 16.6. The second-order valence-corrected chi connectivity index (χ2v) is 7.33. The molecule has 2 aromatic rings. The number of nitro benzene ring substituents is 2. The van der Waals surface area contributed by atoms with Crippen LogP contribution in [0.2, 0.25) is 0 Å². The van der Waals surface area contributed by atoms with Crippen molar-refractivity contribution in [3.63, 3.8) is 0 Å². The Bertz CT molecular complexity index is 942. The molecule has 0 unspecified atom stereocenters. The smallest absolute Gasteiger partial charge is 0.269 e. The predicted octanol–water partition coefficient (Wildman–Crippen LogP) is 3.75. The van der Waals surface area contributed by atoms with Crippen LogP contribution in [-0.2, 0) is 15.6 Å². The Morgan fingerprint density at radius 3 is 1.48 bits per heavy atom. The Labute approximate surface area is 168 Å². The summed E-state index contributed by atoms with van der Waals surface area (Å²) in [5, 5.41) is 29.6. The van der Waals surface area contributed by atoms with Crippen molar-refractivity contribution in [3.8, 4) is 6.07 Å². The number of nitro groups is 2. The molecule has 29 heavy (non-hydrogen) atoms. The van der Waals surface area contributed by atoms with Gasteiger partial charge in [0.1, 0.15) is 0 Å². The lowest BCUT2D eigenvalue weighted by Crippen LogP contribution is -2.35. The third kappa shape index (κ3) is 5.84. The fraction of sp³-hybridized carbons (Fsp3) is 0.300. The molecule has 0 heterocycles. The number of hydrogen-bond donors (Lipinski definition) is 1. The number of nitrogens with zero attached hydrogens (tertiary/aromatic N) is 3. The molecule has 9 heteroatoms. The maximum Gasteiger partial charge on any atom is 0.269 e. The average molecular weight is 398 g/mol. The lowest BCUT2D eigenvalue weighted by atomic mass is 9.84. The molecule has 152 valence electrons. The highest BCUT2D eigenvalue weighted by molar-refractivity contribution is 5.85. The van der Waals surface area contributed by atoms with E-state index in [0.29, 0.717) is 5.56 Å². The Kier molecular flexibility index (Phi) is 7.15. The SMILES string of the molecule is CC(C)(C#N)c1ccc([N+](=O)[O-])cc1.CC(C)(C(N)=O)c1ccc([N+](=O)[O-])cc1. The molecular formula is C20H22N4O5. The molecule has 0 aromatic heterocycles. The van der Waals surface area contributed by atoms with Crippen LogP contribution in [0, 0.1) is 31.6 Å². The molecular weight excluding hydrogens is 376 g/mol. The molecule has 0 aliphatic carbocycles. The molecule has 0 radical (unpaired) electrons. The monoisotopic (exact) mass is 398 g/mol. The van der Waals surface area contributed by atoms with Crippen molar-refractivity contribution in [3.05, 3.63) is 79.9 Å². The van der Waals surface area contributed by atoms with Gasteiger partial charge >= 0.3 is 0 Å². The van der Waals surface area contributed by atoms with Crippen LogP contribution in [0.3, 0.4) is 0 Å². The summed E-state index contributed by atoms with van der Waals surface area (Å²) >= 11 is 0. The third-order valence-corrected chi connectivity index (χ3v) is 4.50. The maximum absolute atomic E-state index is 11.1. The third-order valence-electron chi connectivity index (χ3n) is 4.50. The van der Waals surface area contributed by atoms with Crippen LogP contribution >= 0.6 is 0 Å². The fourth-order valence-electron chi connectivity index (χ4n) is 2.21. The van der Waals surface area contributed by atoms with Gasteiger partial charge in [0.15, 0.2) is 0 Å². The molecule has 0 spiro atoms. The van der Waals surface area contributed by atoms with Gasteiger partial charge in [-0.1, -0.05) is 24.3 Å². The number of primary amides is 1. The first-order chi connectivity index (χ1) is 13.3. The van der Waals surface area contributed by atoms with Crippen LogP contribution in [-0.4, -0.2) is 15.8 Å². The highest BCUT2D eigenvalue weighted by atomic mass is 16.6. The van der Waals surface area contributed by atoms with Crippen molar-refractivity contribution in [2.75, 3.05) is 0 Å². The maximum atomic E-state index is 11.1. The van der Waals surface area contributed by atoms with E-state index in [0.717, 1.165) is 5.56 Å². The number of nitrogens with two attached hydrogens (primary N) is 1. The van der Waals surface area contributed by atoms with Gasteiger partial charge in [0, 0.05) is 24.3 Å². The number of nitriles is 1. The van der Waals surface area contributed by atoms with Crippen LogP contribution in [0.15, 0.2) is 48.5 Å². The van der Waals surface area contributed by atoms with E-state index in [2.05, 4.69) is 6.07 Å². The Morgan fingerprint density at radius 2 is 1.21 bits per heavy atom. The second kappa shape index (κ2) is 8.93. The predicted molar refractivity (Wildman–Crippen MR) is 107 cm³/mol. The number of carbonyl (C=O) groups is 1. The zero-order valence-electron chi connectivity index (χ0n) is 16.6. The summed E-state index contributed by atoms with van der Waals surface area (Å²) in [6.45, 7) is 6.90. The van der Waals surface area contributed by atoms with Crippen molar-refractivity contribution in [2.24, 2.45) is 5.73 Å². The van der Waals surface area contributed by atoms with Gasteiger partial charge in [0.05, 0.1) is 26.7 Å². The van der Waals surface area contributed by atoms with Gasteiger partial charge < -0.3 is 5.73 Å². The van der Waals surface area contributed by atoms with E-state index in [9.17, 15) is 25.0 Å². The van der Waals surface area contributed by atoms with E-state index in [1.807, 2.05) is 0 Å². The fourth-order valence-corrected chi connectivity index (χ4v) is 2.21. The minimum absolute atomic E-state index is 0.000907. The molecule has 2 aromatic carbocycles. The molecule has 2 N–H and O–H groups in total. The summed E-state index contributed by atoms with van der Waals surface area (Å²) < 4.78 is 0. The van der Waals surface area contributed by atoms with Gasteiger partial charge in [-0.05, 0) is 38.8 Å². The van der Waals surface area contributed by atoms with E-state index >= 15 is 0 Å². The van der Waals surface area contributed by atoms with Gasteiger partial charge in [-0.15, -0.1) is 0 Å². The highest BCUT2D eigenvalue weighted by Crippen LogP contribution is 2.25. The van der Waals surface area contributed by atoms with Crippen molar-refractivity contribution >= 4 is 17.3 Å². The number of amides is 1. The molecule has 0 saturated carbocycles. The van der Waals surface area contributed by atoms with E-state index in [4.69, 9.17) is 11.0 Å². The number of benzene rings is 2. The molecule has 0 saturated heterocycles. The van der Waals surface area contributed by atoms with Gasteiger partial charge in [-0.3, -0.25) is 25.0 Å². The van der Waals surface area contributed by atoms with Crippen LogP contribution in [0.5, 0.6) is 0 Å². The molecule has 0 atom stereocenters. The largest absolute Gasteiger partial charge is 0.369 e. The van der Waals surface area contributed by atoms with E-state index in [1.54, 1.807) is 52.0 Å². The summed E-state index contributed by atoms with van der Waals surface area (Å²) in [5.74, 6) is -0.462. The second-order valence-electron chi connectivity index (χ2n) is 7.33. The Balaban J connectivity index is 0.000000291. The minimum atomic E-state index is -0.810. The molecule has 0 aliphatic rings. The summed E-state index contributed by atoms with van der Waals surface area (Å²) in [6.07, 6.45) is 0. The van der Waals surface area contributed by atoms with Crippen LogP contribution < -0.4 is 5.73 Å². The van der Waals surface area contributed by atoms with E-state index < -0.39 is 26.6 Å². The van der Waals surface area contributed by atoms with Crippen LogP contribution in [0.4, 0.5) is 11.4 Å². The zero-order chi connectivity index (χ0) is 22.4. The van der Waals surface area contributed by atoms with Gasteiger partial charge in [-0.25, -0.2) is 0 Å². The van der Waals surface area contributed by atoms with Gasteiger partial charge in [0.2, 0.25) is 5.91 Å². The minimum Gasteiger partial charge on any atom is -0.369 e.